The quantitative estimate of drug-likeness (QED) is 0.290. The van der Waals surface area contributed by atoms with Crippen molar-refractivity contribution in [3.63, 3.8) is 0 Å². The summed E-state index contributed by atoms with van der Waals surface area (Å²) in [7, 11) is 0. The SMILES string of the molecule is Cc1ccc(NC(=O)[C@H]2CCCN(C(=O)c3c(C)cccc3F)[C@@H]2c2ccc(NC3CCCC3)cc2)cc1C(F)(F)F. The Morgan fingerprint density at radius 3 is 2.21 bits per heavy atom. The molecule has 9 heteroatoms. The van der Waals surface area contributed by atoms with Crippen molar-refractivity contribution >= 4 is 23.2 Å². The number of anilines is 2. The van der Waals surface area contributed by atoms with Gasteiger partial charge in [0.2, 0.25) is 5.91 Å². The Bertz CT molecular complexity index is 1430. The Balaban J connectivity index is 1.48. The largest absolute Gasteiger partial charge is 0.416 e. The molecule has 3 aromatic rings. The molecule has 1 saturated heterocycles. The zero-order valence-corrected chi connectivity index (χ0v) is 23.7. The number of nitrogens with zero attached hydrogens (tertiary/aromatic N) is 1. The summed E-state index contributed by atoms with van der Waals surface area (Å²) < 4.78 is 55.5. The smallest absolute Gasteiger partial charge is 0.382 e. The third-order valence-corrected chi connectivity index (χ3v) is 8.45. The van der Waals surface area contributed by atoms with E-state index < -0.39 is 41.3 Å². The van der Waals surface area contributed by atoms with E-state index in [2.05, 4.69) is 10.6 Å². The van der Waals surface area contributed by atoms with Gasteiger partial charge < -0.3 is 15.5 Å². The third kappa shape index (κ3) is 6.30. The molecule has 2 atom stereocenters. The normalized spacial score (nSPS) is 19.5. The molecule has 2 N–H and O–H groups in total. The van der Waals surface area contributed by atoms with Crippen molar-refractivity contribution in [3.8, 4) is 0 Å². The van der Waals surface area contributed by atoms with Crippen molar-refractivity contribution in [2.75, 3.05) is 17.2 Å². The van der Waals surface area contributed by atoms with Gasteiger partial charge in [0.15, 0.2) is 0 Å². The van der Waals surface area contributed by atoms with E-state index >= 15 is 0 Å². The first-order valence-corrected chi connectivity index (χ1v) is 14.4. The molecule has 3 aromatic carbocycles. The van der Waals surface area contributed by atoms with Gasteiger partial charge in [-0.1, -0.05) is 43.2 Å². The van der Waals surface area contributed by atoms with Crippen molar-refractivity contribution in [2.45, 2.75) is 70.6 Å². The monoisotopic (exact) mass is 581 g/mol. The van der Waals surface area contributed by atoms with Crippen molar-refractivity contribution < 1.29 is 27.2 Å². The molecule has 1 aliphatic carbocycles. The summed E-state index contributed by atoms with van der Waals surface area (Å²) >= 11 is 0. The predicted octanol–water partition coefficient (Wildman–Crippen LogP) is 8.05. The van der Waals surface area contributed by atoms with Crippen LogP contribution in [0.5, 0.6) is 0 Å². The van der Waals surface area contributed by atoms with Crippen molar-refractivity contribution in [1.29, 1.82) is 0 Å². The number of rotatable bonds is 6. The van der Waals surface area contributed by atoms with Gasteiger partial charge in [0.05, 0.1) is 23.1 Å². The van der Waals surface area contributed by atoms with E-state index in [9.17, 15) is 27.2 Å². The summed E-state index contributed by atoms with van der Waals surface area (Å²) in [5, 5.41) is 6.20. The molecular formula is C33H35F4N3O2. The lowest BCUT2D eigenvalue weighted by Gasteiger charge is -2.41. The van der Waals surface area contributed by atoms with E-state index in [1.807, 2.05) is 24.3 Å². The molecule has 5 nitrogen and oxygen atoms in total. The molecule has 42 heavy (non-hydrogen) atoms. The number of nitrogens with one attached hydrogen (secondary N) is 2. The molecule has 0 unspecified atom stereocenters. The Morgan fingerprint density at radius 1 is 0.857 bits per heavy atom. The van der Waals surface area contributed by atoms with E-state index in [0.29, 0.717) is 36.6 Å². The second kappa shape index (κ2) is 12.2. The van der Waals surface area contributed by atoms with Gasteiger partial charge in [-0.15, -0.1) is 0 Å². The second-order valence-electron chi connectivity index (χ2n) is 11.4. The fourth-order valence-electron chi connectivity index (χ4n) is 6.28. The number of hydrogen-bond donors (Lipinski definition) is 2. The number of piperidine rings is 1. The summed E-state index contributed by atoms with van der Waals surface area (Å²) in [4.78, 5) is 29.1. The van der Waals surface area contributed by atoms with Crippen LogP contribution in [0, 0.1) is 25.6 Å². The molecule has 2 aliphatic rings. The maximum absolute atomic E-state index is 14.9. The maximum atomic E-state index is 14.9. The van der Waals surface area contributed by atoms with Crippen LogP contribution < -0.4 is 10.6 Å². The molecule has 2 fully saturated rings. The second-order valence-corrected chi connectivity index (χ2v) is 11.4. The molecule has 2 amide bonds. The Morgan fingerprint density at radius 2 is 1.55 bits per heavy atom. The zero-order valence-electron chi connectivity index (χ0n) is 23.7. The number of hydrogen-bond acceptors (Lipinski definition) is 3. The molecule has 0 bridgehead atoms. The lowest BCUT2D eigenvalue weighted by Crippen LogP contribution is -2.46. The highest BCUT2D eigenvalue weighted by Crippen LogP contribution is 2.40. The molecule has 1 heterocycles. The molecule has 1 saturated carbocycles. The van der Waals surface area contributed by atoms with E-state index in [1.165, 1.54) is 48.9 Å². The number of aryl methyl sites for hydroxylation is 2. The topological polar surface area (TPSA) is 61.4 Å². The molecule has 0 radical (unpaired) electrons. The number of halogens is 4. The highest BCUT2D eigenvalue weighted by Gasteiger charge is 2.41. The van der Waals surface area contributed by atoms with Gasteiger partial charge in [0.1, 0.15) is 5.82 Å². The van der Waals surface area contributed by atoms with Crippen LogP contribution in [0.2, 0.25) is 0 Å². The maximum Gasteiger partial charge on any atom is 0.416 e. The molecule has 0 aromatic heterocycles. The average Bonchev–Trinajstić information content (AvgIpc) is 3.46. The van der Waals surface area contributed by atoms with Gasteiger partial charge in [0.25, 0.3) is 5.91 Å². The molecule has 0 spiro atoms. The minimum absolute atomic E-state index is 0.0289. The number of carbonyl (C=O) groups excluding carboxylic acids is 2. The minimum Gasteiger partial charge on any atom is -0.382 e. The van der Waals surface area contributed by atoms with Crippen molar-refractivity contribution in [2.24, 2.45) is 5.92 Å². The fourth-order valence-corrected chi connectivity index (χ4v) is 6.28. The standard InChI is InChI=1S/C33H35F4N3O2/c1-20-12-15-25(19-27(20)33(35,36)37)39-31(41)26-10-6-18-40(32(42)29-21(2)7-5-11-28(29)34)30(26)22-13-16-24(17-14-22)38-23-8-3-4-9-23/h5,7,11-17,19,23,26,30,38H,3-4,6,8-10,18H2,1-2H3,(H,39,41)/t26-,30+/m0/s1. The third-order valence-electron chi connectivity index (χ3n) is 8.45. The highest BCUT2D eigenvalue weighted by molar-refractivity contribution is 5.98. The lowest BCUT2D eigenvalue weighted by atomic mass is 9.83. The van der Waals surface area contributed by atoms with E-state index in [4.69, 9.17) is 0 Å². The van der Waals surface area contributed by atoms with Crippen LogP contribution in [-0.2, 0) is 11.0 Å². The van der Waals surface area contributed by atoms with Crippen molar-refractivity contribution in [3.05, 3.63) is 94.3 Å². The fraction of sp³-hybridized carbons (Fsp3) is 0.394. The van der Waals surface area contributed by atoms with Crippen molar-refractivity contribution in [1.82, 2.24) is 4.90 Å². The van der Waals surface area contributed by atoms with Crippen LogP contribution in [0.3, 0.4) is 0 Å². The number of amides is 2. The van der Waals surface area contributed by atoms with Gasteiger partial charge in [-0.05, 0) is 86.6 Å². The van der Waals surface area contributed by atoms with Gasteiger partial charge in [-0.25, -0.2) is 4.39 Å². The van der Waals surface area contributed by atoms with Crippen LogP contribution in [0.1, 0.15) is 77.2 Å². The number of likely N-dealkylation sites (tertiary alicyclic amines) is 1. The van der Waals surface area contributed by atoms with Crippen LogP contribution in [-0.4, -0.2) is 29.3 Å². The van der Waals surface area contributed by atoms with Gasteiger partial charge in [-0.3, -0.25) is 9.59 Å². The van der Waals surface area contributed by atoms with E-state index in [1.54, 1.807) is 13.0 Å². The average molecular weight is 582 g/mol. The number of alkyl halides is 3. The number of benzene rings is 3. The predicted molar refractivity (Wildman–Crippen MR) is 155 cm³/mol. The van der Waals surface area contributed by atoms with E-state index in [-0.39, 0.29) is 16.8 Å². The summed E-state index contributed by atoms with van der Waals surface area (Å²) in [5.41, 5.74) is 1.34. The lowest BCUT2D eigenvalue weighted by molar-refractivity contribution is -0.138. The first-order valence-electron chi connectivity index (χ1n) is 14.4. The molecular weight excluding hydrogens is 546 g/mol. The van der Waals surface area contributed by atoms with Gasteiger partial charge >= 0.3 is 6.18 Å². The number of carbonyl (C=O) groups is 2. The van der Waals surface area contributed by atoms with Crippen LogP contribution in [0.25, 0.3) is 0 Å². The zero-order chi connectivity index (χ0) is 30.0. The summed E-state index contributed by atoms with van der Waals surface area (Å²) in [6, 6.07) is 15.4. The first kappa shape index (κ1) is 29.6. The highest BCUT2D eigenvalue weighted by atomic mass is 19.4. The first-order chi connectivity index (χ1) is 20.0. The Labute approximate surface area is 243 Å². The van der Waals surface area contributed by atoms with Gasteiger partial charge in [-0.2, -0.15) is 13.2 Å². The summed E-state index contributed by atoms with van der Waals surface area (Å²) in [5.74, 6) is -2.41. The van der Waals surface area contributed by atoms with Crippen LogP contribution in [0.4, 0.5) is 28.9 Å². The van der Waals surface area contributed by atoms with Crippen LogP contribution in [0.15, 0.2) is 60.7 Å². The minimum atomic E-state index is -4.56. The summed E-state index contributed by atoms with van der Waals surface area (Å²) in [6.07, 6.45) is 0.915. The molecule has 5 rings (SSSR count). The van der Waals surface area contributed by atoms with Gasteiger partial charge in [0, 0.05) is 24.0 Å². The Hall–Kier alpha value is -3.88. The molecule has 1 aliphatic heterocycles. The summed E-state index contributed by atoms with van der Waals surface area (Å²) in [6.45, 7) is 3.34. The molecule has 222 valence electrons. The Kier molecular flexibility index (Phi) is 8.57. The van der Waals surface area contributed by atoms with E-state index in [0.717, 1.165) is 24.6 Å². The van der Waals surface area contributed by atoms with Crippen LogP contribution >= 0.6 is 0 Å².